The van der Waals surface area contributed by atoms with Crippen LogP contribution in [0.3, 0.4) is 0 Å². The third-order valence-electron chi connectivity index (χ3n) is 4.15. The molecule has 1 spiro atoms. The topological polar surface area (TPSA) is 26.2 Å². The van der Waals surface area contributed by atoms with E-state index in [1.165, 1.54) is 5.56 Å². The molecular formula is C15H15BrN2O. The molecule has 0 aliphatic carbocycles. The Bertz CT molecular complexity index is 603. The highest BCUT2D eigenvalue weighted by Gasteiger charge is 2.51. The molecule has 1 aromatic heterocycles. The SMILES string of the molecule is Brc1ccc2c(c1)C(n1cccc1)C1(CCNC1)O2. The number of nitrogens with zero attached hydrogens (tertiary/aromatic N) is 1. The molecule has 2 aliphatic rings. The molecule has 2 unspecified atom stereocenters. The highest BCUT2D eigenvalue weighted by Crippen LogP contribution is 2.48. The minimum atomic E-state index is -0.137. The van der Waals surface area contributed by atoms with Gasteiger partial charge in [-0.15, -0.1) is 0 Å². The Balaban J connectivity index is 1.89. The predicted molar refractivity (Wildman–Crippen MR) is 77.6 cm³/mol. The van der Waals surface area contributed by atoms with Gasteiger partial charge in [0.15, 0.2) is 0 Å². The van der Waals surface area contributed by atoms with Crippen molar-refractivity contribution < 1.29 is 4.74 Å². The van der Waals surface area contributed by atoms with Crippen LogP contribution >= 0.6 is 15.9 Å². The zero-order chi connectivity index (χ0) is 12.9. The number of aromatic nitrogens is 1. The van der Waals surface area contributed by atoms with Crippen LogP contribution in [-0.2, 0) is 0 Å². The van der Waals surface area contributed by atoms with Crippen molar-refractivity contribution in [2.75, 3.05) is 13.1 Å². The lowest BCUT2D eigenvalue weighted by Crippen LogP contribution is -2.42. The third kappa shape index (κ3) is 1.66. The Morgan fingerprint density at radius 1 is 1.32 bits per heavy atom. The van der Waals surface area contributed by atoms with E-state index >= 15 is 0 Å². The van der Waals surface area contributed by atoms with Gasteiger partial charge in [-0.2, -0.15) is 0 Å². The van der Waals surface area contributed by atoms with E-state index in [4.69, 9.17) is 4.74 Å². The van der Waals surface area contributed by atoms with Crippen LogP contribution in [0.15, 0.2) is 47.2 Å². The number of fused-ring (bicyclic) bond motifs is 1. The molecule has 19 heavy (non-hydrogen) atoms. The van der Waals surface area contributed by atoms with Gasteiger partial charge in [0.2, 0.25) is 0 Å². The van der Waals surface area contributed by atoms with Crippen molar-refractivity contribution >= 4 is 15.9 Å². The monoisotopic (exact) mass is 318 g/mol. The first-order valence-electron chi connectivity index (χ1n) is 6.60. The van der Waals surface area contributed by atoms with Gasteiger partial charge in [0.25, 0.3) is 0 Å². The summed E-state index contributed by atoms with van der Waals surface area (Å²) in [5, 5.41) is 3.45. The van der Waals surface area contributed by atoms with Gasteiger partial charge in [-0.05, 0) is 36.9 Å². The van der Waals surface area contributed by atoms with Crippen LogP contribution < -0.4 is 10.1 Å². The van der Waals surface area contributed by atoms with E-state index in [1.807, 2.05) is 6.07 Å². The summed E-state index contributed by atoms with van der Waals surface area (Å²) >= 11 is 3.57. The minimum Gasteiger partial charge on any atom is -0.483 e. The second-order valence-corrected chi connectivity index (χ2v) is 6.22. The smallest absolute Gasteiger partial charge is 0.147 e. The average molecular weight is 319 g/mol. The van der Waals surface area contributed by atoms with Crippen LogP contribution in [-0.4, -0.2) is 23.3 Å². The molecule has 0 radical (unpaired) electrons. The molecule has 1 fully saturated rings. The molecule has 2 aliphatic heterocycles. The summed E-state index contributed by atoms with van der Waals surface area (Å²) in [5.41, 5.74) is 1.14. The molecule has 3 nitrogen and oxygen atoms in total. The molecular weight excluding hydrogens is 304 g/mol. The standard InChI is InChI=1S/C15H15BrN2O/c16-11-3-4-13-12(9-11)14(18-7-1-2-8-18)15(19-13)5-6-17-10-15/h1-4,7-9,14,17H,5-6,10H2. The highest BCUT2D eigenvalue weighted by molar-refractivity contribution is 9.10. The van der Waals surface area contributed by atoms with E-state index in [2.05, 4.69) is 62.5 Å². The Hall–Kier alpha value is -1.26. The van der Waals surface area contributed by atoms with Gasteiger partial charge in [-0.1, -0.05) is 15.9 Å². The van der Waals surface area contributed by atoms with Gasteiger partial charge < -0.3 is 14.6 Å². The Morgan fingerprint density at radius 2 is 2.16 bits per heavy atom. The maximum atomic E-state index is 6.34. The molecule has 1 aromatic carbocycles. The number of hydrogen-bond acceptors (Lipinski definition) is 2. The molecule has 0 bridgehead atoms. The molecule has 3 heterocycles. The fourth-order valence-corrected chi connectivity index (χ4v) is 3.72. The number of hydrogen-bond donors (Lipinski definition) is 1. The van der Waals surface area contributed by atoms with E-state index in [0.29, 0.717) is 0 Å². The summed E-state index contributed by atoms with van der Waals surface area (Å²) < 4.78 is 9.72. The average Bonchev–Trinajstić information content (AvgIpc) is 3.10. The molecule has 4 rings (SSSR count). The van der Waals surface area contributed by atoms with Gasteiger partial charge in [-0.3, -0.25) is 0 Å². The fourth-order valence-electron chi connectivity index (χ4n) is 3.35. The summed E-state index contributed by atoms with van der Waals surface area (Å²) in [5.74, 6) is 1.02. The number of benzene rings is 1. The maximum Gasteiger partial charge on any atom is 0.147 e. The van der Waals surface area contributed by atoms with E-state index in [-0.39, 0.29) is 11.6 Å². The minimum absolute atomic E-state index is 0.137. The summed E-state index contributed by atoms with van der Waals surface area (Å²) in [6, 6.07) is 10.7. The van der Waals surface area contributed by atoms with Gasteiger partial charge in [0, 0.05) is 35.4 Å². The molecule has 1 saturated heterocycles. The largest absolute Gasteiger partial charge is 0.483 e. The van der Waals surface area contributed by atoms with Crippen molar-refractivity contribution in [2.45, 2.75) is 18.1 Å². The van der Waals surface area contributed by atoms with Crippen molar-refractivity contribution in [3.05, 3.63) is 52.8 Å². The van der Waals surface area contributed by atoms with Crippen LogP contribution in [0.5, 0.6) is 5.75 Å². The molecule has 4 heteroatoms. The van der Waals surface area contributed by atoms with Crippen LogP contribution in [0.25, 0.3) is 0 Å². The normalized spacial score (nSPS) is 28.6. The molecule has 0 saturated carbocycles. The molecule has 2 aromatic rings. The Kier molecular flexibility index (Phi) is 2.50. The van der Waals surface area contributed by atoms with Gasteiger partial charge >= 0.3 is 0 Å². The van der Waals surface area contributed by atoms with E-state index in [1.54, 1.807) is 0 Å². The van der Waals surface area contributed by atoms with Crippen LogP contribution in [0.1, 0.15) is 18.0 Å². The first-order valence-corrected chi connectivity index (χ1v) is 7.39. The van der Waals surface area contributed by atoms with Gasteiger partial charge in [0.1, 0.15) is 17.4 Å². The number of nitrogens with one attached hydrogen (secondary N) is 1. The summed E-state index contributed by atoms with van der Waals surface area (Å²) in [6.07, 6.45) is 5.30. The predicted octanol–water partition coefficient (Wildman–Crippen LogP) is 2.96. The Labute approximate surface area is 120 Å². The van der Waals surface area contributed by atoms with Crippen molar-refractivity contribution in [1.29, 1.82) is 0 Å². The van der Waals surface area contributed by atoms with Crippen LogP contribution in [0.2, 0.25) is 0 Å². The first kappa shape index (κ1) is 11.6. The number of halogens is 1. The second-order valence-electron chi connectivity index (χ2n) is 5.31. The lowest BCUT2D eigenvalue weighted by molar-refractivity contribution is 0.0796. The fraction of sp³-hybridized carbons (Fsp3) is 0.333. The van der Waals surface area contributed by atoms with E-state index < -0.39 is 0 Å². The maximum absolute atomic E-state index is 6.34. The lowest BCUT2D eigenvalue weighted by atomic mass is 9.90. The molecule has 98 valence electrons. The first-order chi connectivity index (χ1) is 9.28. The zero-order valence-corrected chi connectivity index (χ0v) is 12.1. The van der Waals surface area contributed by atoms with E-state index in [0.717, 1.165) is 29.7 Å². The second kappa shape index (κ2) is 4.12. The quantitative estimate of drug-likeness (QED) is 0.875. The number of ether oxygens (including phenoxy) is 1. The van der Waals surface area contributed by atoms with Gasteiger partial charge in [0.05, 0.1) is 0 Å². The molecule has 2 atom stereocenters. The molecule has 0 amide bonds. The zero-order valence-electron chi connectivity index (χ0n) is 10.5. The summed E-state index contributed by atoms with van der Waals surface area (Å²) in [4.78, 5) is 0. The highest BCUT2D eigenvalue weighted by atomic mass is 79.9. The Morgan fingerprint density at radius 3 is 2.89 bits per heavy atom. The lowest BCUT2D eigenvalue weighted by Gasteiger charge is -2.30. The van der Waals surface area contributed by atoms with Crippen LogP contribution in [0.4, 0.5) is 0 Å². The van der Waals surface area contributed by atoms with E-state index in [9.17, 15) is 0 Å². The van der Waals surface area contributed by atoms with Crippen molar-refractivity contribution in [2.24, 2.45) is 0 Å². The summed E-state index contributed by atoms with van der Waals surface area (Å²) in [6.45, 7) is 1.93. The number of rotatable bonds is 1. The van der Waals surface area contributed by atoms with Gasteiger partial charge in [-0.25, -0.2) is 0 Å². The van der Waals surface area contributed by atoms with Crippen molar-refractivity contribution in [1.82, 2.24) is 9.88 Å². The summed E-state index contributed by atoms with van der Waals surface area (Å²) in [7, 11) is 0. The van der Waals surface area contributed by atoms with Crippen LogP contribution in [0, 0.1) is 0 Å². The van der Waals surface area contributed by atoms with Crippen molar-refractivity contribution in [3.63, 3.8) is 0 Å². The van der Waals surface area contributed by atoms with Crippen molar-refractivity contribution in [3.8, 4) is 5.75 Å². The third-order valence-corrected chi connectivity index (χ3v) is 4.65. The molecule has 1 N–H and O–H groups in total.